The molecule has 3 rings (SSSR count). The van der Waals surface area contributed by atoms with Crippen LogP contribution in [0.1, 0.15) is 36.8 Å². The topological polar surface area (TPSA) is 138 Å². The average Bonchev–Trinajstić information content (AvgIpc) is 3.01. The van der Waals surface area contributed by atoms with Gasteiger partial charge in [-0.2, -0.15) is 26.3 Å². The molecule has 0 N–H and O–H groups in total. The number of quaternary nitrogens is 2. The van der Waals surface area contributed by atoms with Gasteiger partial charge in [0, 0.05) is 31.0 Å². The van der Waals surface area contributed by atoms with Gasteiger partial charge in [-0.05, 0) is 86.1 Å². The lowest BCUT2D eigenvalue weighted by Crippen LogP contribution is -2.66. The number of halogens is 10. The number of urea groups is 1. The molecule has 1 fully saturated rings. The molecule has 320 valence electrons. The first-order valence-electron chi connectivity index (χ1n) is 17.0. The number of carbonyl (C=O) groups is 5. The molecule has 0 bridgehead atoms. The van der Waals surface area contributed by atoms with Crippen molar-refractivity contribution in [1.82, 2.24) is 9.80 Å². The number of nitrogens with zero attached hydrogens (tertiary/aromatic N) is 4. The number of carbonyl (C=O) groups excluding carboxylic acids is 5. The molecule has 0 unspecified atom stereocenters. The highest BCUT2D eigenvalue weighted by molar-refractivity contribution is 9.11. The van der Waals surface area contributed by atoms with Crippen LogP contribution in [0, 0.1) is 5.41 Å². The van der Waals surface area contributed by atoms with E-state index in [0.29, 0.717) is 12.8 Å². The highest BCUT2D eigenvalue weighted by atomic mass is 79.9. The lowest BCUT2D eigenvalue weighted by Gasteiger charge is -2.44. The quantitative estimate of drug-likeness (QED) is 0.100. The van der Waals surface area contributed by atoms with Crippen LogP contribution in [0.15, 0.2) is 54.3 Å². The van der Waals surface area contributed by atoms with E-state index in [1.807, 2.05) is 36.4 Å². The van der Waals surface area contributed by atoms with Crippen molar-refractivity contribution < 1.29 is 69.5 Å². The Morgan fingerprint density at radius 3 is 1.07 bits per heavy atom. The van der Waals surface area contributed by atoms with E-state index in [2.05, 4.69) is 106 Å². The molecular formula is C36H44Br4F6N4O7. The molecule has 57 heavy (non-hydrogen) atoms. The van der Waals surface area contributed by atoms with Crippen LogP contribution in [0.3, 0.4) is 0 Å². The number of imide groups is 2. The second kappa shape index (κ2) is 21.6. The zero-order valence-corrected chi connectivity index (χ0v) is 38.3. The number of carboxylic acids is 2. The zero-order chi connectivity index (χ0) is 44.3. The predicted molar refractivity (Wildman–Crippen MR) is 209 cm³/mol. The molecule has 0 spiro atoms. The number of carboxylic acid groups (broad SMARTS) is 2. The predicted octanol–water partition coefficient (Wildman–Crippen LogP) is 5.87. The molecule has 0 aromatic heterocycles. The van der Waals surface area contributed by atoms with E-state index in [1.165, 1.54) is 9.80 Å². The van der Waals surface area contributed by atoms with Crippen LogP contribution < -0.4 is 10.2 Å². The molecule has 0 radical (unpaired) electrons. The Morgan fingerprint density at radius 2 is 0.842 bits per heavy atom. The van der Waals surface area contributed by atoms with Crippen LogP contribution in [0.5, 0.6) is 0 Å². The first kappa shape index (κ1) is 52.4. The van der Waals surface area contributed by atoms with Gasteiger partial charge in [-0.1, -0.05) is 63.7 Å². The summed E-state index contributed by atoms with van der Waals surface area (Å²) in [6.07, 6.45) is -6.96. The van der Waals surface area contributed by atoms with Crippen molar-refractivity contribution in [2.45, 2.75) is 50.9 Å². The largest absolute Gasteiger partial charge is 0.542 e. The number of alkyl halides is 6. The molecule has 1 aliphatic heterocycles. The summed E-state index contributed by atoms with van der Waals surface area (Å²) in [4.78, 5) is 63.4. The Bertz CT molecular complexity index is 1590. The van der Waals surface area contributed by atoms with Crippen molar-refractivity contribution >= 4 is 93.5 Å². The molecule has 0 saturated carbocycles. The van der Waals surface area contributed by atoms with Crippen molar-refractivity contribution in [1.29, 1.82) is 0 Å². The molecule has 1 aliphatic rings. The fourth-order valence-corrected chi connectivity index (χ4v) is 8.30. The monoisotopic (exact) mass is 1070 g/mol. The summed E-state index contributed by atoms with van der Waals surface area (Å²) in [7, 11) is 12.8. The highest BCUT2D eigenvalue weighted by Crippen LogP contribution is 2.39. The lowest BCUT2D eigenvalue weighted by molar-refractivity contribution is -0.870. The van der Waals surface area contributed by atoms with Crippen LogP contribution in [0.2, 0.25) is 0 Å². The van der Waals surface area contributed by atoms with Crippen LogP contribution in [-0.4, -0.2) is 129 Å². The fourth-order valence-electron chi connectivity index (χ4n) is 5.52. The number of rotatable bonds is 14. The van der Waals surface area contributed by atoms with E-state index < -0.39 is 47.6 Å². The molecule has 0 atom stereocenters. The normalized spacial score (nSPS) is 14.8. The van der Waals surface area contributed by atoms with Gasteiger partial charge in [-0.15, -0.1) is 0 Å². The van der Waals surface area contributed by atoms with Crippen molar-refractivity contribution in [2.24, 2.45) is 5.41 Å². The van der Waals surface area contributed by atoms with Crippen molar-refractivity contribution in [3.05, 3.63) is 65.4 Å². The van der Waals surface area contributed by atoms with Crippen molar-refractivity contribution in [2.75, 3.05) is 68.5 Å². The molecule has 0 aliphatic carbocycles. The van der Waals surface area contributed by atoms with Crippen LogP contribution >= 0.6 is 63.7 Å². The van der Waals surface area contributed by atoms with Gasteiger partial charge in [0.2, 0.25) is 11.8 Å². The Kier molecular flexibility index (Phi) is 19.9. The third kappa shape index (κ3) is 18.5. The van der Waals surface area contributed by atoms with Gasteiger partial charge in [0.15, 0.2) is 0 Å². The maximum atomic E-state index is 14.6. The Balaban J connectivity index is 0.000000984. The van der Waals surface area contributed by atoms with Gasteiger partial charge in [-0.3, -0.25) is 19.4 Å². The number of hydrogen-bond donors (Lipinski definition) is 0. The standard InChI is InChI=1S/C32H44Br4N4O3.2C2HF3O2/c1-39(2,3)13-9-7-11-37-29(41)32(21-23-15-25(33)19-26(34)16-23,22-24-17-27(35)20-28(36)18-24)30(42)38(31(37)43)12-8-10-14-40(4,5)6;2*3-2(4,5)1(6)7/h15-20H,7-14,21-22H2,1-6H3;2*(H,6,7)/q+2;;/p-2. The second-order valence-electron chi connectivity index (χ2n) is 15.2. The molecule has 4 amide bonds. The van der Waals surface area contributed by atoms with Gasteiger partial charge in [0.1, 0.15) is 17.4 Å². The number of benzene rings is 2. The van der Waals surface area contributed by atoms with E-state index in [-0.39, 0.29) is 25.9 Å². The first-order chi connectivity index (χ1) is 25.8. The second-order valence-corrected chi connectivity index (χ2v) is 18.9. The van der Waals surface area contributed by atoms with Gasteiger partial charge in [-0.25, -0.2) is 4.79 Å². The summed E-state index contributed by atoms with van der Waals surface area (Å²) in [5, 5.41) is 17.6. The van der Waals surface area contributed by atoms with E-state index in [0.717, 1.165) is 63.9 Å². The van der Waals surface area contributed by atoms with Crippen LogP contribution in [0.4, 0.5) is 31.1 Å². The minimum absolute atomic E-state index is 0.172. The Hall–Kier alpha value is -2.59. The summed E-state index contributed by atoms with van der Waals surface area (Å²) in [5.41, 5.74) is 0.192. The third-order valence-electron chi connectivity index (χ3n) is 8.01. The van der Waals surface area contributed by atoms with Gasteiger partial charge in [0.05, 0.1) is 55.4 Å². The van der Waals surface area contributed by atoms with Crippen LogP contribution in [-0.2, 0) is 32.0 Å². The maximum absolute atomic E-state index is 14.6. The van der Waals surface area contributed by atoms with Gasteiger partial charge < -0.3 is 28.8 Å². The van der Waals surface area contributed by atoms with Crippen LogP contribution in [0.25, 0.3) is 0 Å². The molecule has 21 heteroatoms. The Morgan fingerprint density at radius 1 is 0.579 bits per heavy atom. The van der Waals surface area contributed by atoms with Crippen molar-refractivity contribution in [3.8, 4) is 0 Å². The summed E-state index contributed by atoms with van der Waals surface area (Å²) in [5.74, 6) is -6.84. The van der Waals surface area contributed by atoms with E-state index in [4.69, 9.17) is 19.8 Å². The summed E-state index contributed by atoms with van der Waals surface area (Å²) < 4.78 is 68.1. The molecule has 2 aromatic carbocycles. The summed E-state index contributed by atoms with van der Waals surface area (Å²) in [6, 6.07) is 11.1. The number of unbranched alkanes of at least 4 members (excludes halogenated alkanes) is 2. The zero-order valence-electron chi connectivity index (χ0n) is 32.0. The van der Waals surface area contributed by atoms with E-state index in [9.17, 15) is 40.7 Å². The summed E-state index contributed by atoms with van der Waals surface area (Å²) >= 11 is 14.3. The number of aliphatic carboxylic acids is 2. The third-order valence-corrected chi connectivity index (χ3v) is 9.84. The van der Waals surface area contributed by atoms with E-state index >= 15 is 0 Å². The first-order valence-corrected chi connectivity index (χ1v) is 20.2. The fraction of sp³-hybridized carbons (Fsp3) is 0.528. The molecule has 1 heterocycles. The number of hydrogen-bond acceptors (Lipinski definition) is 7. The number of barbiturate groups is 1. The SMILES string of the molecule is C[N+](C)(C)CCCCN1C(=O)N(CCCC[N+](C)(C)C)C(=O)C(Cc2cc(Br)cc(Br)c2)(Cc2cc(Br)cc(Br)c2)C1=O.O=C([O-])C(F)(F)F.O=C([O-])C(F)(F)F. The Labute approximate surface area is 361 Å². The smallest absolute Gasteiger partial charge is 0.430 e. The minimum atomic E-state index is -5.19. The van der Waals surface area contributed by atoms with Crippen molar-refractivity contribution in [3.63, 3.8) is 0 Å². The van der Waals surface area contributed by atoms with Gasteiger partial charge in [0.25, 0.3) is 0 Å². The minimum Gasteiger partial charge on any atom is -0.542 e. The number of amides is 4. The highest BCUT2D eigenvalue weighted by Gasteiger charge is 2.57. The maximum Gasteiger partial charge on any atom is 0.430 e. The average molecular weight is 1080 g/mol. The summed E-state index contributed by atoms with van der Waals surface area (Å²) in [6.45, 7) is 2.42. The van der Waals surface area contributed by atoms with Gasteiger partial charge >= 0.3 is 18.4 Å². The molecule has 2 aromatic rings. The molecule has 1 saturated heterocycles. The molecular weight excluding hydrogens is 1030 g/mol. The molecule has 11 nitrogen and oxygen atoms in total. The lowest BCUT2D eigenvalue weighted by atomic mass is 9.72. The van der Waals surface area contributed by atoms with E-state index in [1.54, 1.807) is 0 Å².